The minimum atomic E-state index is 0.0436. The van der Waals surface area contributed by atoms with Crippen molar-refractivity contribution in [2.75, 3.05) is 13.2 Å². The van der Waals surface area contributed by atoms with Gasteiger partial charge in [0, 0.05) is 6.42 Å². The van der Waals surface area contributed by atoms with E-state index >= 15 is 0 Å². The van der Waals surface area contributed by atoms with Crippen molar-refractivity contribution in [3.8, 4) is 11.5 Å². The monoisotopic (exact) mass is 268 g/mol. The number of halogens is 1. The fourth-order valence-electron chi connectivity index (χ4n) is 2.28. The summed E-state index contributed by atoms with van der Waals surface area (Å²) in [5.41, 5.74) is 1.13. The number of benzene rings is 1. The van der Waals surface area contributed by atoms with Crippen molar-refractivity contribution in [2.45, 2.75) is 38.5 Å². The molecule has 18 heavy (non-hydrogen) atoms. The van der Waals surface area contributed by atoms with Gasteiger partial charge in [-0.05, 0) is 30.0 Å². The Morgan fingerprint density at radius 2 is 1.94 bits per heavy atom. The second kappa shape index (κ2) is 6.33. The van der Waals surface area contributed by atoms with E-state index in [0.717, 1.165) is 42.9 Å². The van der Waals surface area contributed by atoms with Gasteiger partial charge in [0.1, 0.15) is 0 Å². The molecule has 0 N–H and O–H groups in total. The summed E-state index contributed by atoms with van der Waals surface area (Å²) in [6.07, 6.45) is 3.23. The van der Waals surface area contributed by atoms with Gasteiger partial charge in [0.25, 0.3) is 0 Å². The van der Waals surface area contributed by atoms with E-state index in [1.807, 2.05) is 12.1 Å². The zero-order valence-corrected chi connectivity index (χ0v) is 11.9. The summed E-state index contributed by atoms with van der Waals surface area (Å²) in [5.74, 6) is 2.14. The molecule has 2 nitrogen and oxygen atoms in total. The average Bonchev–Trinajstić information content (AvgIpc) is 2.62. The van der Waals surface area contributed by atoms with Gasteiger partial charge in [-0.15, -0.1) is 11.6 Å². The van der Waals surface area contributed by atoms with Crippen LogP contribution in [-0.2, 0) is 0 Å². The molecule has 1 heterocycles. The largest absolute Gasteiger partial charge is 0.490 e. The van der Waals surface area contributed by atoms with Crippen molar-refractivity contribution in [1.29, 1.82) is 0 Å². The summed E-state index contributed by atoms with van der Waals surface area (Å²) in [4.78, 5) is 0. The Morgan fingerprint density at radius 1 is 1.22 bits per heavy atom. The molecule has 0 saturated heterocycles. The van der Waals surface area contributed by atoms with E-state index in [1.165, 1.54) is 0 Å². The van der Waals surface area contributed by atoms with Gasteiger partial charge in [0.2, 0.25) is 0 Å². The Kier molecular flexibility index (Phi) is 4.76. The van der Waals surface area contributed by atoms with Crippen molar-refractivity contribution >= 4 is 11.6 Å². The zero-order chi connectivity index (χ0) is 13.0. The van der Waals surface area contributed by atoms with E-state index in [-0.39, 0.29) is 5.38 Å². The third-order valence-electron chi connectivity index (χ3n) is 3.33. The molecule has 0 amide bonds. The van der Waals surface area contributed by atoms with Gasteiger partial charge in [-0.3, -0.25) is 0 Å². The first-order valence-corrected chi connectivity index (χ1v) is 7.19. The van der Waals surface area contributed by atoms with Crippen LogP contribution >= 0.6 is 11.6 Å². The topological polar surface area (TPSA) is 18.5 Å². The van der Waals surface area contributed by atoms with Crippen LogP contribution in [0.5, 0.6) is 11.5 Å². The fourth-order valence-corrected chi connectivity index (χ4v) is 2.54. The van der Waals surface area contributed by atoms with Gasteiger partial charge >= 0.3 is 0 Å². The molecule has 0 saturated carbocycles. The summed E-state index contributed by atoms with van der Waals surface area (Å²) >= 11 is 6.52. The lowest BCUT2D eigenvalue weighted by atomic mass is 9.96. The maximum absolute atomic E-state index is 6.52. The van der Waals surface area contributed by atoms with Crippen molar-refractivity contribution in [1.82, 2.24) is 0 Å². The van der Waals surface area contributed by atoms with Crippen LogP contribution in [0.3, 0.4) is 0 Å². The molecule has 100 valence electrons. The van der Waals surface area contributed by atoms with Gasteiger partial charge in [-0.25, -0.2) is 0 Å². The highest BCUT2D eigenvalue weighted by Gasteiger charge is 2.19. The molecule has 2 atom stereocenters. The average molecular weight is 269 g/mol. The molecular formula is C15H21ClO2. The highest BCUT2D eigenvalue weighted by molar-refractivity contribution is 6.21. The minimum Gasteiger partial charge on any atom is -0.490 e. The standard InChI is InChI=1S/C15H21ClO2/c1-3-5-11(2)15(16)12-6-7-13-14(10-12)18-9-4-8-17-13/h6-7,10-11,15H,3-5,8-9H2,1-2H3. The summed E-state index contributed by atoms with van der Waals surface area (Å²) < 4.78 is 11.3. The molecule has 3 heteroatoms. The number of fused-ring (bicyclic) bond motifs is 1. The predicted molar refractivity (Wildman–Crippen MR) is 74.7 cm³/mol. The lowest BCUT2D eigenvalue weighted by Gasteiger charge is -2.19. The van der Waals surface area contributed by atoms with Gasteiger partial charge in [0.05, 0.1) is 18.6 Å². The SMILES string of the molecule is CCCC(C)C(Cl)c1ccc2c(c1)OCCCO2. The number of hydrogen-bond donors (Lipinski definition) is 0. The minimum absolute atomic E-state index is 0.0436. The molecule has 0 fully saturated rings. The van der Waals surface area contributed by atoms with E-state index in [2.05, 4.69) is 19.9 Å². The maximum atomic E-state index is 6.52. The van der Waals surface area contributed by atoms with Crippen molar-refractivity contribution < 1.29 is 9.47 Å². The Morgan fingerprint density at radius 3 is 2.67 bits per heavy atom. The van der Waals surface area contributed by atoms with E-state index in [0.29, 0.717) is 12.5 Å². The maximum Gasteiger partial charge on any atom is 0.161 e. The van der Waals surface area contributed by atoms with Crippen molar-refractivity contribution in [3.63, 3.8) is 0 Å². The molecule has 0 spiro atoms. The molecule has 0 bridgehead atoms. The second-order valence-corrected chi connectivity index (χ2v) is 5.39. The lowest BCUT2D eigenvalue weighted by molar-refractivity contribution is 0.297. The molecule has 0 aliphatic carbocycles. The molecule has 1 aromatic rings. The Labute approximate surface area is 114 Å². The van der Waals surface area contributed by atoms with E-state index in [9.17, 15) is 0 Å². The van der Waals surface area contributed by atoms with Crippen LogP contribution in [-0.4, -0.2) is 13.2 Å². The van der Waals surface area contributed by atoms with E-state index in [1.54, 1.807) is 0 Å². The smallest absolute Gasteiger partial charge is 0.161 e. The summed E-state index contributed by atoms with van der Waals surface area (Å²) in [7, 11) is 0. The van der Waals surface area contributed by atoms with Crippen LogP contribution in [0, 0.1) is 5.92 Å². The first-order chi connectivity index (χ1) is 8.72. The molecule has 0 aromatic heterocycles. The van der Waals surface area contributed by atoms with Crippen molar-refractivity contribution in [2.24, 2.45) is 5.92 Å². The molecule has 2 rings (SSSR count). The van der Waals surface area contributed by atoms with E-state index in [4.69, 9.17) is 21.1 Å². The lowest BCUT2D eigenvalue weighted by Crippen LogP contribution is -2.04. The highest BCUT2D eigenvalue weighted by Crippen LogP contribution is 2.37. The van der Waals surface area contributed by atoms with Crippen LogP contribution in [0.2, 0.25) is 0 Å². The quantitative estimate of drug-likeness (QED) is 0.745. The number of rotatable bonds is 4. The number of ether oxygens (including phenoxy) is 2. The van der Waals surface area contributed by atoms with Gasteiger partial charge in [-0.1, -0.05) is 26.3 Å². The fraction of sp³-hybridized carbons (Fsp3) is 0.600. The first kappa shape index (κ1) is 13.5. The van der Waals surface area contributed by atoms with Crippen LogP contribution < -0.4 is 9.47 Å². The Balaban J connectivity index is 2.17. The highest BCUT2D eigenvalue weighted by atomic mass is 35.5. The van der Waals surface area contributed by atoms with Gasteiger partial charge < -0.3 is 9.47 Å². The molecule has 1 aromatic carbocycles. The van der Waals surface area contributed by atoms with E-state index < -0.39 is 0 Å². The molecule has 1 aliphatic heterocycles. The van der Waals surface area contributed by atoms with Gasteiger partial charge in [-0.2, -0.15) is 0 Å². The second-order valence-electron chi connectivity index (χ2n) is 4.92. The molecule has 2 unspecified atom stereocenters. The molecule has 1 aliphatic rings. The number of alkyl halides is 1. The third kappa shape index (κ3) is 3.11. The Bertz CT molecular complexity index is 392. The number of hydrogen-bond acceptors (Lipinski definition) is 2. The van der Waals surface area contributed by atoms with Crippen LogP contribution in [0.15, 0.2) is 18.2 Å². The normalized spacial score (nSPS) is 17.9. The molecular weight excluding hydrogens is 248 g/mol. The summed E-state index contributed by atoms with van der Waals surface area (Å²) in [5, 5.41) is 0.0436. The predicted octanol–water partition coefficient (Wildman–Crippen LogP) is 4.56. The molecule has 0 radical (unpaired) electrons. The van der Waals surface area contributed by atoms with Crippen LogP contribution in [0.4, 0.5) is 0 Å². The van der Waals surface area contributed by atoms with Gasteiger partial charge in [0.15, 0.2) is 11.5 Å². The van der Waals surface area contributed by atoms with Crippen molar-refractivity contribution in [3.05, 3.63) is 23.8 Å². The zero-order valence-electron chi connectivity index (χ0n) is 11.1. The third-order valence-corrected chi connectivity index (χ3v) is 4.02. The summed E-state index contributed by atoms with van der Waals surface area (Å²) in [6, 6.07) is 6.06. The Hall–Kier alpha value is -0.890. The van der Waals surface area contributed by atoms with Crippen LogP contribution in [0.1, 0.15) is 44.1 Å². The van der Waals surface area contributed by atoms with Crippen LogP contribution in [0.25, 0.3) is 0 Å². The first-order valence-electron chi connectivity index (χ1n) is 6.76. The summed E-state index contributed by atoms with van der Waals surface area (Å²) in [6.45, 7) is 5.83.